The van der Waals surface area contributed by atoms with Crippen LogP contribution in [-0.4, -0.2) is 0 Å². The molecule has 0 N–H and O–H groups in total. The Morgan fingerprint density at radius 3 is 0.885 bits per heavy atom. The first kappa shape index (κ1) is 59.1. The van der Waals surface area contributed by atoms with Crippen molar-refractivity contribution in [3.05, 3.63) is 419 Å². The maximum Gasteiger partial charge on any atom is 0.133 e. The van der Waals surface area contributed by atoms with E-state index in [9.17, 15) is 0 Å². The van der Waals surface area contributed by atoms with Crippen molar-refractivity contribution >= 4 is 46.3 Å². The van der Waals surface area contributed by atoms with Gasteiger partial charge in [-0.3, -0.25) is 0 Å². The molecule has 0 bridgehead atoms. The van der Waals surface area contributed by atoms with Gasteiger partial charge in [-0.2, -0.15) is 0 Å². The minimum atomic E-state index is -0.713. The molecule has 2 atom stereocenters. The Kier molecular flexibility index (Phi) is 14.9. The van der Waals surface area contributed by atoms with E-state index in [-0.39, 0.29) is 11.1 Å². The summed E-state index contributed by atoms with van der Waals surface area (Å²) in [6.45, 7) is 12.4. The van der Waals surface area contributed by atoms with E-state index >= 15 is 8.78 Å². The van der Waals surface area contributed by atoms with Crippen LogP contribution in [0.4, 0.5) is 42.9 Å². The number of anilines is 6. The number of nitrogens with zero attached hydrogens (tertiary/aromatic N) is 2. The van der Waals surface area contributed by atoms with Gasteiger partial charge in [0, 0.05) is 45.3 Å². The van der Waals surface area contributed by atoms with Gasteiger partial charge in [-0.15, -0.1) is 0 Å². The summed E-state index contributed by atoms with van der Waals surface area (Å²) >= 11 is 0. The Bertz CT molecular complexity index is 4940. The fourth-order valence-electron chi connectivity index (χ4n) is 15.2. The zero-order valence-electron chi connectivity index (χ0n) is 53.4. The highest BCUT2D eigenvalue weighted by Crippen LogP contribution is 2.60. The predicted molar refractivity (Wildman–Crippen MR) is 396 cm³/mol. The molecule has 0 spiro atoms. The summed E-state index contributed by atoms with van der Waals surface area (Å²) in [7, 11) is 0. The van der Waals surface area contributed by atoms with Crippen molar-refractivity contribution in [2.75, 3.05) is 9.80 Å². The molecule has 0 saturated heterocycles. The molecule has 96 heavy (non-hydrogen) atoms. The normalized spacial score (nSPS) is 14.8. The smallest absolute Gasteiger partial charge is 0.133 e. The quantitative estimate of drug-likeness (QED) is 0.101. The van der Waals surface area contributed by atoms with E-state index in [1.54, 1.807) is 24.3 Å². The maximum absolute atomic E-state index is 17.9. The highest BCUT2D eigenvalue weighted by Gasteiger charge is 2.48. The van der Waals surface area contributed by atoms with E-state index in [0.29, 0.717) is 11.4 Å². The standard InChI is InChI=1S/C92H66F2N2/c1-5-63-29-41-71(42-30-63)91(69-37-25-61(3)26-38-69)85-23-15-13-21-79(85)81-53-49-75(57-87(81)91)95(73-45-33-67(34-46-73)65-17-9-7-10-18-65)77-51-55-83(89(93)59-77)84-56-52-78(60-90(84)94)96(74-47-35-68(36-48-74)66-19-11-8-12-20-66)76-50-54-82-80-22-14-16-24-86(80)92(88(82)58-76,70-39-27-62(4)28-40-70)72-43-31-64(6-2)32-44-72/h5-60H,1-2H2,3-4H3. The van der Waals surface area contributed by atoms with Crippen molar-refractivity contribution in [3.8, 4) is 55.6 Å². The minimum absolute atomic E-state index is 0.146. The van der Waals surface area contributed by atoms with Crippen molar-refractivity contribution in [1.82, 2.24) is 0 Å². The second-order valence-corrected chi connectivity index (χ2v) is 25.3. The Morgan fingerprint density at radius 2 is 0.542 bits per heavy atom. The van der Waals surface area contributed by atoms with Crippen molar-refractivity contribution < 1.29 is 8.78 Å². The molecule has 458 valence electrons. The fourth-order valence-corrected chi connectivity index (χ4v) is 15.2. The molecule has 2 aliphatic rings. The summed E-state index contributed by atoms with van der Waals surface area (Å²) in [6.07, 6.45) is 3.76. The monoisotopic (exact) mass is 1240 g/mol. The van der Waals surface area contributed by atoms with Crippen LogP contribution in [0.3, 0.4) is 0 Å². The molecule has 2 unspecified atom stereocenters. The van der Waals surface area contributed by atoms with Crippen molar-refractivity contribution in [1.29, 1.82) is 0 Å². The minimum Gasteiger partial charge on any atom is -0.310 e. The average Bonchev–Trinajstić information content (AvgIpc) is 1.53. The number of fused-ring (bicyclic) bond motifs is 6. The Morgan fingerprint density at radius 1 is 0.260 bits per heavy atom. The SMILES string of the molecule is C=Cc1ccc(C2(c3ccc(C)cc3)c3ccccc3-c3ccc(N(c4ccc(-c5ccccc5)cc4)c4ccc(-c5ccc(N(c6ccc(-c7ccccc7)cc6)c6ccc7c(c6)C(c6ccc(C)cc6)(c6ccc(C=C)cc6)c6ccccc6-7)cc5F)c(F)c4)cc32)cc1. The van der Waals surface area contributed by atoms with E-state index in [4.69, 9.17) is 0 Å². The third-order valence-electron chi connectivity index (χ3n) is 19.9. The number of rotatable bonds is 15. The van der Waals surface area contributed by atoms with E-state index in [0.717, 1.165) is 112 Å². The lowest BCUT2D eigenvalue weighted by Crippen LogP contribution is -2.29. The summed E-state index contributed by atoms with van der Waals surface area (Å²) in [6, 6.07) is 114. The van der Waals surface area contributed by atoms with Gasteiger partial charge in [-0.25, -0.2) is 8.78 Å². The summed E-state index contributed by atoms with van der Waals surface area (Å²) in [5, 5.41) is 0. The summed E-state index contributed by atoms with van der Waals surface area (Å²) < 4.78 is 35.7. The molecule has 0 fully saturated rings. The number of aryl methyl sites for hydroxylation is 2. The summed E-state index contributed by atoms with van der Waals surface area (Å²) in [5.74, 6) is -1.12. The van der Waals surface area contributed by atoms with Crippen LogP contribution >= 0.6 is 0 Å². The first-order valence-corrected chi connectivity index (χ1v) is 32.7. The van der Waals surface area contributed by atoms with Crippen LogP contribution in [0, 0.1) is 25.5 Å². The molecule has 14 aromatic carbocycles. The number of hydrogen-bond acceptors (Lipinski definition) is 2. The van der Waals surface area contributed by atoms with E-state index < -0.39 is 22.5 Å². The van der Waals surface area contributed by atoms with E-state index in [1.807, 2.05) is 60.7 Å². The lowest BCUT2D eigenvalue weighted by molar-refractivity contribution is 0.616. The lowest BCUT2D eigenvalue weighted by atomic mass is 9.67. The maximum atomic E-state index is 17.9. The van der Waals surface area contributed by atoms with Gasteiger partial charge in [0.25, 0.3) is 0 Å². The van der Waals surface area contributed by atoms with Crippen LogP contribution in [0.25, 0.3) is 67.8 Å². The number of benzene rings is 14. The van der Waals surface area contributed by atoms with E-state index in [2.05, 4.69) is 292 Å². The highest BCUT2D eigenvalue weighted by atomic mass is 19.1. The Balaban J connectivity index is 0.830. The van der Waals surface area contributed by atoms with Crippen molar-refractivity contribution in [2.24, 2.45) is 0 Å². The van der Waals surface area contributed by atoms with Crippen LogP contribution in [-0.2, 0) is 10.8 Å². The number of halogens is 2. The molecular weight excluding hydrogens is 1170 g/mol. The molecule has 0 aliphatic heterocycles. The number of hydrogen-bond donors (Lipinski definition) is 0. The third kappa shape index (κ3) is 9.83. The van der Waals surface area contributed by atoms with Gasteiger partial charge >= 0.3 is 0 Å². The van der Waals surface area contributed by atoms with Crippen LogP contribution in [0.1, 0.15) is 66.8 Å². The van der Waals surface area contributed by atoms with Crippen LogP contribution in [0.15, 0.2) is 341 Å². The van der Waals surface area contributed by atoms with E-state index in [1.165, 1.54) is 22.3 Å². The van der Waals surface area contributed by atoms with Crippen LogP contribution in [0.5, 0.6) is 0 Å². The van der Waals surface area contributed by atoms with Crippen molar-refractivity contribution in [3.63, 3.8) is 0 Å². The molecule has 0 amide bonds. The zero-order chi connectivity index (χ0) is 65.1. The van der Waals surface area contributed by atoms with Crippen LogP contribution < -0.4 is 9.80 Å². The topological polar surface area (TPSA) is 6.48 Å². The molecule has 0 saturated carbocycles. The average molecular weight is 1240 g/mol. The highest BCUT2D eigenvalue weighted by molar-refractivity contribution is 5.93. The van der Waals surface area contributed by atoms with Gasteiger partial charge in [0.05, 0.1) is 10.8 Å². The Labute approximate surface area is 561 Å². The molecule has 0 aromatic heterocycles. The van der Waals surface area contributed by atoms with Gasteiger partial charge in [0.15, 0.2) is 0 Å². The molecular formula is C92H66F2N2. The van der Waals surface area contributed by atoms with Gasteiger partial charge in [0.1, 0.15) is 11.6 Å². The molecule has 16 rings (SSSR count). The second kappa shape index (κ2) is 24.2. The first-order chi connectivity index (χ1) is 47.1. The van der Waals surface area contributed by atoms with Crippen molar-refractivity contribution in [2.45, 2.75) is 24.7 Å². The molecule has 14 aromatic rings. The molecule has 4 heteroatoms. The molecule has 2 aliphatic carbocycles. The second-order valence-electron chi connectivity index (χ2n) is 25.3. The largest absolute Gasteiger partial charge is 0.310 e. The molecule has 0 heterocycles. The molecule has 2 nitrogen and oxygen atoms in total. The predicted octanol–water partition coefficient (Wildman–Crippen LogP) is 24.5. The summed E-state index contributed by atoms with van der Waals surface area (Å²) in [4.78, 5) is 4.23. The first-order valence-electron chi connectivity index (χ1n) is 32.7. The third-order valence-corrected chi connectivity index (χ3v) is 19.9. The Hall–Kier alpha value is -12.0. The zero-order valence-corrected chi connectivity index (χ0v) is 53.4. The molecule has 0 radical (unpaired) electrons. The fraction of sp³-hybridized carbons (Fsp3) is 0.0435. The van der Waals surface area contributed by atoms with Gasteiger partial charge in [-0.05, 0) is 199 Å². The summed E-state index contributed by atoms with van der Waals surface area (Å²) in [5.41, 5.74) is 25.7. The lowest BCUT2D eigenvalue weighted by Gasteiger charge is -2.35. The van der Waals surface area contributed by atoms with Gasteiger partial charge in [-0.1, -0.05) is 279 Å². The van der Waals surface area contributed by atoms with Gasteiger partial charge in [0.2, 0.25) is 0 Å². The van der Waals surface area contributed by atoms with Crippen LogP contribution in [0.2, 0.25) is 0 Å². The van der Waals surface area contributed by atoms with Gasteiger partial charge < -0.3 is 9.80 Å².